The average molecular weight is 433 g/mol. The fourth-order valence-electron chi connectivity index (χ4n) is 4.86. The number of hydrogen-bond acceptors (Lipinski definition) is 4. The zero-order chi connectivity index (χ0) is 22.7. The van der Waals surface area contributed by atoms with E-state index in [4.69, 9.17) is 0 Å². The predicted octanol–water partition coefficient (Wildman–Crippen LogP) is 3.91. The number of nitrogens with one attached hydrogen (secondary N) is 2. The van der Waals surface area contributed by atoms with E-state index in [-0.39, 0.29) is 5.78 Å². The van der Waals surface area contributed by atoms with Crippen LogP contribution in [0, 0.1) is 0 Å². The number of ketones is 1. The topological polar surface area (TPSA) is 84.0 Å². The predicted molar refractivity (Wildman–Crippen MR) is 127 cm³/mol. The highest BCUT2D eigenvalue weighted by atomic mass is 16.2. The molecule has 0 bridgehead atoms. The summed E-state index contributed by atoms with van der Waals surface area (Å²) in [6, 6.07) is 25.3. The van der Waals surface area contributed by atoms with Crippen molar-refractivity contribution in [2.45, 2.75) is 5.92 Å². The van der Waals surface area contributed by atoms with Gasteiger partial charge in [-0.2, -0.15) is 0 Å². The van der Waals surface area contributed by atoms with Crippen LogP contribution in [0.25, 0.3) is 16.8 Å². The Bertz CT molecular complexity index is 1590. The number of fused-ring (bicyclic) bond motifs is 3. The number of rotatable bonds is 2. The molecule has 0 radical (unpaired) electrons. The van der Waals surface area contributed by atoms with Gasteiger partial charge in [-0.25, -0.2) is 4.79 Å². The summed E-state index contributed by atoms with van der Waals surface area (Å²) < 4.78 is 1.39. The number of Topliss-reactive ketones (excluding diaryl/α,β-unsaturated/α-hetero) is 1. The quantitative estimate of drug-likeness (QED) is 0.502. The minimum atomic E-state index is -0.600. The zero-order valence-corrected chi connectivity index (χ0v) is 17.8. The van der Waals surface area contributed by atoms with Crippen molar-refractivity contribution in [1.29, 1.82) is 0 Å². The van der Waals surface area contributed by atoms with Crippen LogP contribution in [0.1, 0.15) is 33.0 Å². The molecule has 3 aromatic carbocycles. The smallest absolute Gasteiger partial charge is 0.329 e. The molecule has 2 heterocycles. The lowest BCUT2D eigenvalue weighted by atomic mass is 9.81. The van der Waals surface area contributed by atoms with Crippen LogP contribution >= 0.6 is 0 Å². The Kier molecular flexibility index (Phi) is 4.10. The molecule has 0 saturated heterocycles. The van der Waals surface area contributed by atoms with E-state index in [1.54, 1.807) is 13.1 Å². The van der Waals surface area contributed by atoms with Crippen molar-refractivity contribution in [3.63, 3.8) is 0 Å². The van der Waals surface area contributed by atoms with E-state index < -0.39 is 17.2 Å². The SMILES string of the molecule is Cn1c2c(c(=O)[nH]c1=O)[C@@H](c1ccc(-c3ccccc3)cc1)C1=C(N2)c2ccccc2C1=O. The van der Waals surface area contributed by atoms with Crippen LogP contribution in [0.4, 0.5) is 5.82 Å². The summed E-state index contributed by atoms with van der Waals surface area (Å²) in [7, 11) is 1.61. The van der Waals surface area contributed by atoms with Gasteiger partial charge < -0.3 is 5.32 Å². The lowest BCUT2D eigenvalue weighted by Crippen LogP contribution is -2.37. The standard InChI is InChI=1S/C27H19N3O3/c1-30-25-22(26(32)29-27(30)33)20(17-13-11-16(12-14-17)15-7-3-2-4-8-15)21-23(28-25)18-9-5-6-10-19(18)24(21)31/h2-14,20,28H,1H3,(H,29,32,33)/t20-/m0/s1. The van der Waals surface area contributed by atoms with Crippen LogP contribution in [0.5, 0.6) is 0 Å². The van der Waals surface area contributed by atoms with Gasteiger partial charge in [-0.15, -0.1) is 0 Å². The summed E-state index contributed by atoms with van der Waals surface area (Å²) in [6.45, 7) is 0. The molecule has 2 aliphatic rings. The van der Waals surface area contributed by atoms with Gasteiger partial charge in [0, 0.05) is 29.7 Å². The summed E-state index contributed by atoms with van der Waals surface area (Å²) in [4.78, 5) is 41.3. The first kappa shape index (κ1) is 19.3. The van der Waals surface area contributed by atoms with E-state index >= 15 is 0 Å². The normalized spacial score (nSPS) is 16.2. The summed E-state index contributed by atoms with van der Waals surface area (Å²) in [5.41, 5.74) is 4.86. The molecule has 33 heavy (non-hydrogen) atoms. The molecule has 6 nitrogen and oxygen atoms in total. The molecule has 1 aliphatic heterocycles. The third kappa shape index (κ3) is 2.77. The Morgan fingerprint density at radius 1 is 0.758 bits per heavy atom. The highest BCUT2D eigenvalue weighted by Crippen LogP contribution is 2.47. The van der Waals surface area contributed by atoms with Gasteiger partial charge in [0.25, 0.3) is 5.56 Å². The first-order chi connectivity index (χ1) is 16.0. The number of nitrogens with zero attached hydrogens (tertiary/aromatic N) is 1. The maximum atomic E-state index is 13.5. The van der Waals surface area contributed by atoms with Crippen LogP contribution < -0.4 is 16.6 Å². The molecule has 160 valence electrons. The molecular formula is C27H19N3O3. The number of benzene rings is 3. The van der Waals surface area contributed by atoms with E-state index in [1.165, 1.54) is 4.57 Å². The minimum absolute atomic E-state index is 0.107. The zero-order valence-electron chi connectivity index (χ0n) is 17.8. The molecule has 0 unspecified atom stereocenters. The molecule has 4 aromatic rings. The van der Waals surface area contributed by atoms with Gasteiger partial charge >= 0.3 is 5.69 Å². The number of allylic oxidation sites excluding steroid dienone is 1. The number of carbonyl (C=O) groups is 1. The maximum Gasteiger partial charge on any atom is 0.329 e. The molecular weight excluding hydrogens is 414 g/mol. The van der Waals surface area contributed by atoms with E-state index in [2.05, 4.69) is 10.3 Å². The number of hydrogen-bond donors (Lipinski definition) is 2. The molecule has 6 heteroatoms. The van der Waals surface area contributed by atoms with Gasteiger partial charge in [0.15, 0.2) is 5.78 Å². The van der Waals surface area contributed by atoms with Crippen molar-refractivity contribution in [3.8, 4) is 11.1 Å². The Hall–Kier alpha value is -4.45. The minimum Gasteiger partial charge on any atom is -0.340 e. The van der Waals surface area contributed by atoms with Gasteiger partial charge in [0.2, 0.25) is 0 Å². The van der Waals surface area contributed by atoms with Crippen LogP contribution in [0.3, 0.4) is 0 Å². The Labute approximate surface area is 188 Å². The third-order valence-electron chi connectivity index (χ3n) is 6.49. The largest absolute Gasteiger partial charge is 0.340 e. The van der Waals surface area contributed by atoms with E-state index in [1.807, 2.05) is 72.8 Å². The summed E-state index contributed by atoms with van der Waals surface area (Å²) >= 11 is 0. The molecule has 1 atom stereocenters. The van der Waals surface area contributed by atoms with Crippen LogP contribution in [0.15, 0.2) is 94.0 Å². The van der Waals surface area contributed by atoms with Gasteiger partial charge in [0.05, 0.1) is 11.3 Å². The second-order valence-electron chi connectivity index (χ2n) is 8.29. The van der Waals surface area contributed by atoms with Crippen molar-refractivity contribution in [3.05, 3.63) is 128 Å². The summed E-state index contributed by atoms with van der Waals surface area (Å²) in [5.74, 6) is -0.301. The second kappa shape index (κ2) is 7.03. The molecule has 1 aromatic heterocycles. The fraction of sp³-hybridized carbons (Fsp3) is 0.0741. The highest BCUT2D eigenvalue weighted by molar-refractivity contribution is 6.23. The number of anilines is 1. The lowest BCUT2D eigenvalue weighted by Gasteiger charge is -2.29. The Morgan fingerprint density at radius 2 is 1.39 bits per heavy atom. The number of aromatic amines is 1. The van der Waals surface area contributed by atoms with Crippen LogP contribution in [-0.2, 0) is 7.05 Å². The third-order valence-corrected chi connectivity index (χ3v) is 6.49. The molecule has 0 amide bonds. The first-order valence-corrected chi connectivity index (χ1v) is 10.7. The van der Waals surface area contributed by atoms with Gasteiger partial charge in [-0.05, 0) is 16.7 Å². The molecule has 0 spiro atoms. The summed E-state index contributed by atoms with van der Waals surface area (Å²) in [6.07, 6.45) is 0. The fourth-order valence-corrected chi connectivity index (χ4v) is 4.86. The summed E-state index contributed by atoms with van der Waals surface area (Å²) in [5, 5.41) is 3.23. The second-order valence-corrected chi connectivity index (χ2v) is 8.29. The van der Waals surface area contributed by atoms with Crippen molar-refractivity contribution >= 4 is 17.3 Å². The number of aromatic nitrogens is 2. The van der Waals surface area contributed by atoms with Crippen molar-refractivity contribution in [2.24, 2.45) is 7.05 Å². The first-order valence-electron chi connectivity index (χ1n) is 10.7. The average Bonchev–Trinajstić information content (AvgIpc) is 3.14. The van der Waals surface area contributed by atoms with Crippen molar-refractivity contribution < 1.29 is 4.79 Å². The molecule has 1 aliphatic carbocycles. The molecule has 2 N–H and O–H groups in total. The molecule has 6 rings (SSSR count). The maximum absolute atomic E-state index is 13.5. The molecule has 0 fully saturated rings. The van der Waals surface area contributed by atoms with E-state index in [0.29, 0.717) is 28.2 Å². The monoisotopic (exact) mass is 433 g/mol. The van der Waals surface area contributed by atoms with E-state index in [0.717, 1.165) is 22.3 Å². The Morgan fingerprint density at radius 3 is 2.12 bits per heavy atom. The Balaban J connectivity index is 1.59. The van der Waals surface area contributed by atoms with Gasteiger partial charge in [0.1, 0.15) is 5.82 Å². The number of H-pyrrole nitrogens is 1. The van der Waals surface area contributed by atoms with Crippen molar-refractivity contribution in [1.82, 2.24) is 9.55 Å². The van der Waals surface area contributed by atoms with Gasteiger partial charge in [-0.3, -0.25) is 19.1 Å². The van der Waals surface area contributed by atoms with Gasteiger partial charge in [-0.1, -0.05) is 78.9 Å². The van der Waals surface area contributed by atoms with Crippen LogP contribution in [-0.4, -0.2) is 15.3 Å². The van der Waals surface area contributed by atoms with Crippen molar-refractivity contribution in [2.75, 3.05) is 5.32 Å². The van der Waals surface area contributed by atoms with E-state index in [9.17, 15) is 14.4 Å². The number of carbonyl (C=O) groups excluding carboxylic acids is 1. The molecule has 0 saturated carbocycles. The lowest BCUT2D eigenvalue weighted by molar-refractivity contribution is 0.103. The highest BCUT2D eigenvalue weighted by Gasteiger charge is 2.42. The van der Waals surface area contributed by atoms with Crippen LogP contribution in [0.2, 0.25) is 0 Å².